The molecule has 3 aromatic rings. The lowest BCUT2D eigenvalue weighted by Gasteiger charge is -2.17. The molecule has 1 N–H and O–H groups in total. The molecule has 0 bridgehead atoms. The number of hydrogen-bond acceptors (Lipinski definition) is 4. The lowest BCUT2D eigenvalue weighted by atomic mass is 10.1. The van der Waals surface area contributed by atoms with E-state index in [2.05, 4.69) is 15.4 Å². The van der Waals surface area contributed by atoms with Crippen LogP contribution in [-0.2, 0) is 0 Å². The van der Waals surface area contributed by atoms with Gasteiger partial charge in [0.25, 0.3) is 0 Å². The molecule has 0 aliphatic heterocycles. The minimum atomic E-state index is -0.423. The molecule has 0 unspecified atom stereocenters. The Balaban J connectivity index is 1.86. The van der Waals surface area contributed by atoms with Gasteiger partial charge in [-0.05, 0) is 42.8 Å². The number of hydrogen-bond donors (Lipinski definition) is 1. The number of nitrogens with zero attached hydrogens (tertiary/aromatic N) is 4. The van der Waals surface area contributed by atoms with Gasteiger partial charge in [-0.15, -0.1) is 0 Å². The molecule has 1 atom stereocenters. The molecule has 0 saturated heterocycles. The van der Waals surface area contributed by atoms with Crippen LogP contribution in [0.15, 0.2) is 55.1 Å². The fraction of sp³-hybridized carbons (Fsp3) is 0.118. The van der Waals surface area contributed by atoms with Crippen LogP contribution in [0.3, 0.4) is 0 Å². The van der Waals surface area contributed by atoms with Gasteiger partial charge >= 0.3 is 0 Å². The minimum Gasteiger partial charge on any atom is -0.377 e. The molecule has 1 heterocycles. The number of nitrogens with one attached hydrogen (secondary N) is 1. The lowest BCUT2D eigenvalue weighted by molar-refractivity contribution is 0.627. The number of anilines is 1. The number of aromatic nitrogens is 3. The van der Waals surface area contributed by atoms with Crippen molar-refractivity contribution in [3.05, 3.63) is 72.1 Å². The summed E-state index contributed by atoms with van der Waals surface area (Å²) in [5.74, 6) is -0.423. The Bertz CT molecular complexity index is 852. The van der Waals surface area contributed by atoms with Gasteiger partial charge in [0, 0.05) is 6.04 Å². The van der Waals surface area contributed by atoms with Crippen LogP contribution in [0.1, 0.15) is 24.1 Å². The third-order valence-corrected chi connectivity index (χ3v) is 3.53. The van der Waals surface area contributed by atoms with E-state index in [9.17, 15) is 4.39 Å². The number of nitriles is 1. The van der Waals surface area contributed by atoms with E-state index >= 15 is 0 Å². The van der Waals surface area contributed by atoms with E-state index < -0.39 is 5.82 Å². The predicted octanol–water partition coefficient (Wildman–Crippen LogP) is 3.45. The summed E-state index contributed by atoms with van der Waals surface area (Å²) in [6.45, 7) is 1.98. The van der Waals surface area contributed by atoms with E-state index in [1.807, 2.05) is 37.3 Å². The van der Waals surface area contributed by atoms with Gasteiger partial charge in [0.1, 0.15) is 24.5 Å². The van der Waals surface area contributed by atoms with Crippen LogP contribution < -0.4 is 5.32 Å². The van der Waals surface area contributed by atoms with Crippen LogP contribution in [0.2, 0.25) is 0 Å². The van der Waals surface area contributed by atoms with Crippen LogP contribution in [0.5, 0.6) is 0 Å². The Kier molecular flexibility index (Phi) is 4.02. The standard InChI is InChI=1S/C17H14FN5/c1-12(22-17-6-5-15(18)7-14(17)9-19)13-3-2-4-16(8-13)23-11-20-10-21-23/h2-8,10-12,22H,1H3/t12-/m0/s1. The van der Waals surface area contributed by atoms with E-state index in [1.54, 1.807) is 17.1 Å². The van der Waals surface area contributed by atoms with Gasteiger partial charge in [0.05, 0.1) is 16.9 Å². The second-order valence-corrected chi connectivity index (χ2v) is 5.10. The molecule has 2 aromatic carbocycles. The zero-order chi connectivity index (χ0) is 16.2. The van der Waals surface area contributed by atoms with Crippen LogP contribution in [0.25, 0.3) is 5.69 Å². The molecule has 0 radical (unpaired) electrons. The number of rotatable bonds is 4. The fourth-order valence-corrected chi connectivity index (χ4v) is 2.33. The van der Waals surface area contributed by atoms with Gasteiger partial charge in [-0.3, -0.25) is 0 Å². The number of benzene rings is 2. The normalized spacial score (nSPS) is 11.7. The van der Waals surface area contributed by atoms with Gasteiger partial charge in [-0.25, -0.2) is 14.1 Å². The Hall–Kier alpha value is -3.20. The summed E-state index contributed by atoms with van der Waals surface area (Å²) in [4.78, 5) is 3.94. The maximum absolute atomic E-state index is 13.2. The van der Waals surface area contributed by atoms with Crippen molar-refractivity contribution in [2.45, 2.75) is 13.0 Å². The van der Waals surface area contributed by atoms with Crippen molar-refractivity contribution < 1.29 is 4.39 Å². The van der Waals surface area contributed by atoms with Crippen molar-refractivity contribution in [1.82, 2.24) is 14.8 Å². The zero-order valence-corrected chi connectivity index (χ0v) is 12.4. The molecule has 0 aliphatic rings. The maximum Gasteiger partial charge on any atom is 0.138 e. The summed E-state index contributed by atoms with van der Waals surface area (Å²) in [7, 11) is 0. The van der Waals surface area contributed by atoms with E-state index in [1.165, 1.54) is 18.5 Å². The quantitative estimate of drug-likeness (QED) is 0.801. The Labute approximate surface area is 133 Å². The summed E-state index contributed by atoms with van der Waals surface area (Å²) in [6.07, 6.45) is 3.11. The van der Waals surface area contributed by atoms with E-state index in [-0.39, 0.29) is 11.6 Å². The van der Waals surface area contributed by atoms with E-state index in [4.69, 9.17) is 5.26 Å². The Morgan fingerprint density at radius 2 is 2.13 bits per heavy atom. The van der Waals surface area contributed by atoms with Crippen molar-refractivity contribution in [1.29, 1.82) is 5.26 Å². The average molecular weight is 307 g/mol. The summed E-state index contributed by atoms with van der Waals surface area (Å²) in [5.41, 5.74) is 2.80. The first kappa shape index (κ1) is 14.7. The fourth-order valence-electron chi connectivity index (χ4n) is 2.33. The maximum atomic E-state index is 13.2. The molecule has 1 aromatic heterocycles. The molecule has 3 rings (SSSR count). The first-order valence-corrected chi connectivity index (χ1v) is 7.08. The van der Waals surface area contributed by atoms with Gasteiger partial charge in [-0.2, -0.15) is 10.4 Å². The smallest absolute Gasteiger partial charge is 0.138 e. The summed E-state index contributed by atoms with van der Waals surface area (Å²) in [6, 6.07) is 13.9. The summed E-state index contributed by atoms with van der Waals surface area (Å²) in [5, 5.41) is 16.5. The molecule has 6 heteroatoms. The first-order valence-electron chi connectivity index (χ1n) is 7.08. The van der Waals surface area contributed by atoms with Crippen molar-refractivity contribution in [3.8, 4) is 11.8 Å². The minimum absolute atomic E-state index is 0.0592. The molecule has 0 saturated carbocycles. The van der Waals surface area contributed by atoms with Crippen LogP contribution in [0.4, 0.5) is 10.1 Å². The molecule has 23 heavy (non-hydrogen) atoms. The number of halogens is 1. The van der Waals surface area contributed by atoms with Crippen molar-refractivity contribution in [2.24, 2.45) is 0 Å². The molecule has 0 aliphatic carbocycles. The Morgan fingerprint density at radius 1 is 1.26 bits per heavy atom. The molecular formula is C17H14FN5. The zero-order valence-electron chi connectivity index (χ0n) is 12.4. The molecule has 114 valence electrons. The van der Waals surface area contributed by atoms with Gasteiger partial charge in [0.15, 0.2) is 0 Å². The first-order chi connectivity index (χ1) is 11.2. The van der Waals surface area contributed by atoms with Gasteiger partial charge in [0.2, 0.25) is 0 Å². The SMILES string of the molecule is C[C@H](Nc1ccc(F)cc1C#N)c1cccc(-n2cncn2)c1. The highest BCUT2D eigenvalue weighted by atomic mass is 19.1. The van der Waals surface area contributed by atoms with Gasteiger partial charge in [-0.1, -0.05) is 12.1 Å². The third-order valence-electron chi connectivity index (χ3n) is 3.53. The molecule has 0 spiro atoms. The third kappa shape index (κ3) is 3.19. The van der Waals surface area contributed by atoms with Crippen molar-refractivity contribution in [2.75, 3.05) is 5.32 Å². The molecule has 0 amide bonds. The van der Waals surface area contributed by atoms with Crippen LogP contribution >= 0.6 is 0 Å². The highest BCUT2D eigenvalue weighted by molar-refractivity contribution is 5.58. The second-order valence-electron chi connectivity index (χ2n) is 5.10. The topological polar surface area (TPSA) is 66.5 Å². The highest BCUT2D eigenvalue weighted by Crippen LogP contribution is 2.24. The highest BCUT2D eigenvalue weighted by Gasteiger charge is 2.10. The molecular weight excluding hydrogens is 293 g/mol. The molecule has 5 nitrogen and oxygen atoms in total. The predicted molar refractivity (Wildman–Crippen MR) is 84.5 cm³/mol. The largest absolute Gasteiger partial charge is 0.377 e. The Morgan fingerprint density at radius 3 is 2.87 bits per heavy atom. The van der Waals surface area contributed by atoms with Crippen molar-refractivity contribution >= 4 is 5.69 Å². The summed E-state index contributed by atoms with van der Waals surface area (Å²) < 4.78 is 14.9. The average Bonchev–Trinajstić information content (AvgIpc) is 3.11. The van der Waals surface area contributed by atoms with Crippen LogP contribution in [0, 0.1) is 17.1 Å². The lowest BCUT2D eigenvalue weighted by Crippen LogP contribution is -2.09. The summed E-state index contributed by atoms with van der Waals surface area (Å²) >= 11 is 0. The van der Waals surface area contributed by atoms with Crippen LogP contribution in [-0.4, -0.2) is 14.8 Å². The van der Waals surface area contributed by atoms with E-state index in [0.29, 0.717) is 5.69 Å². The second kappa shape index (κ2) is 6.28. The monoisotopic (exact) mass is 307 g/mol. The van der Waals surface area contributed by atoms with Crippen molar-refractivity contribution in [3.63, 3.8) is 0 Å². The molecule has 0 fully saturated rings. The van der Waals surface area contributed by atoms with E-state index in [0.717, 1.165) is 11.3 Å². The van der Waals surface area contributed by atoms with Gasteiger partial charge < -0.3 is 5.32 Å².